The molecular weight excluding hydrogens is 422 g/mol. The fourth-order valence-corrected chi connectivity index (χ4v) is 4.88. The molecule has 1 aliphatic heterocycles. The summed E-state index contributed by atoms with van der Waals surface area (Å²) in [6.45, 7) is 7.67. The highest BCUT2D eigenvalue weighted by molar-refractivity contribution is 5.86. The number of hydrogen-bond acceptors (Lipinski definition) is 4. The molecule has 0 fully saturated rings. The SMILES string of the molecule is COC(=O)C=Cc1ccc(C2(C)c3ccc(OC)cc3CCN2c2cccc(C(C)C)c2)cc1. The molecule has 0 saturated carbocycles. The molecule has 0 radical (unpaired) electrons. The lowest BCUT2D eigenvalue weighted by Gasteiger charge is -2.48. The van der Waals surface area contributed by atoms with Crippen molar-refractivity contribution >= 4 is 17.7 Å². The third-order valence-electron chi connectivity index (χ3n) is 6.92. The fourth-order valence-electron chi connectivity index (χ4n) is 4.88. The van der Waals surface area contributed by atoms with Crippen LogP contribution >= 0.6 is 0 Å². The molecule has 1 heterocycles. The lowest BCUT2D eigenvalue weighted by atomic mass is 9.76. The van der Waals surface area contributed by atoms with Crippen molar-refractivity contribution in [1.29, 1.82) is 0 Å². The van der Waals surface area contributed by atoms with Crippen LogP contribution in [0.2, 0.25) is 0 Å². The Morgan fingerprint density at radius 2 is 1.79 bits per heavy atom. The first-order valence-corrected chi connectivity index (χ1v) is 11.8. The first-order chi connectivity index (χ1) is 16.4. The van der Waals surface area contributed by atoms with E-state index in [0.717, 1.165) is 24.3 Å². The van der Waals surface area contributed by atoms with Gasteiger partial charge in [-0.3, -0.25) is 0 Å². The van der Waals surface area contributed by atoms with Crippen molar-refractivity contribution in [1.82, 2.24) is 0 Å². The Morgan fingerprint density at radius 1 is 1.03 bits per heavy atom. The minimum Gasteiger partial charge on any atom is -0.497 e. The van der Waals surface area contributed by atoms with Crippen LogP contribution in [-0.4, -0.2) is 26.7 Å². The predicted octanol–water partition coefficient (Wildman–Crippen LogP) is 6.33. The van der Waals surface area contributed by atoms with Crippen LogP contribution in [0.4, 0.5) is 5.69 Å². The zero-order chi connectivity index (χ0) is 24.3. The number of nitrogens with zero attached hydrogens (tertiary/aromatic N) is 1. The maximum Gasteiger partial charge on any atom is 0.330 e. The van der Waals surface area contributed by atoms with Crippen LogP contribution in [0.15, 0.2) is 72.8 Å². The molecule has 3 aromatic rings. The second-order valence-electron chi connectivity index (χ2n) is 9.23. The molecule has 0 bridgehead atoms. The van der Waals surface area contributed by atoms with E-state index in [2.05, 4.69) is 92.4 Å². The summed E-state index contributed by atoms with van der Waals surface area (Å²) < 4.78 is 10.2. The van der Waals surface area contributed by atoms with Crippen LogP contribution in [0, 0.1) is 0 Å². The maximum absolute atomic E-state index is 11.5. The lowest BCUT2D eigenvalue weighted by molar-refractivity contribution is -0.134. The molecule has 4 heteroatoms. The maximum atomic E-state index is 11.5. The molecule has 0 N–H and O–H groups in total. The van der Waals surface area contributed by atoms with E-state index in [1.54, 1.807) is 13.2 Å². The predicted molar refractivity (Wildman–Crippen MR) is 139 cm³/mol. The van der Waals surface area contributed by atoms with Crippen molar-refractivity contribution in [2.24, 2.45) is 0 Å². The average molecular weight is 456 g/mol. The van der Waals surface area contributed by atoms with Crippen molar-refractivity contribution in [3.63, 3.8) is 0 Å². The van der Waals surface area contributed by atoms with E-state index in [1.165, 1.54) is 41.1 Å². The molecule has 4 nitrogen and oxygen atoms in total. The molecule has 1 atom stereocenters. The summed E-state index contributed by atoms with van der Waals surface area (Å²) in [5, 5.41) is 0. The standard InChI is InChI=1S/C30H33NO3/c1-21(2)23-7-6-8-26(19-23)31-18-17-24-20-27(33-4)14-15-28(24)30(31,3)25-12-9-22(10-13-25)11-16-29(32)34-5/h6-16,19-21H,17-18H2,1-5H3. The van der Waals surface area contributed by atoms with Gasteiger partial charge in [0.2, 0.25) is 0 Å². The van der Waals surface area contributed by atoms with Gasteiger partial charge in [0.25, 0.3) is 0 Å². The van der Waals surface area contributed by atoms with Crippen LogP contribution in [0.3, 0.4) is 0 Å². The number of methoxy groups -OCH3 is 2. The second kappa shape index (κ2) is 9.76. The molecular formula is C30H33NO3. The van der Waals surface area contributed by atoms with E-state index in [4.69, 9.17) is 9.47 Å². The number of ether oxygens (including phenoxy) is 2. The Morgan fingerprint density at radius 3 is 2.47 bits per heavy atom. The van der Waals surface area contributed by atoms with E-state index >= 15 is 0 Å². The van der Waals surface area contributed by atoms with E-state index in [1.807, 2.05) is 0 Å². The van der Waals surface area contributed by atoms with Gasteiger partial charge in [0.1, 0.15) is 5.75 Å². The third-order valence-corrected chi connectivity index (χ3v) is 6.92. The first-order valence-electron chi connectivity index (χ1n) is 11.8. The summed E-state index contributed by atoms with van der Waals surface area (Å²) in [6, 6.07) is 23.8. The van der Waals surface area contributed by atoms with Crippen molar-refractivity contribution in [3.05, 3.63) is 101 Å². The molecule has 1 aliphatic rings. The number of benzene rings is 3. The number of carbonyl (C=O) groups is 1. The van der Waals surface area contributed by atoms with E-state index in [-0.39, 0.29) is 11.5 Å². The van der Waals surface area contributed by atoms with Gasteiger partial charge in [-0.1, -0.05) is 56.3 Å². The van der Waals surface area contributed by atoms with Crippen LogP contribution in [0.5, 0.6) is 5.75 Å². The van der Waals surface area contributed by atoms with Gasteiger partial charge < -0.3 is 14.4 Å². The summed E-state index contributed by atoms with van der Waals surface area (Å²) in [4.78, 5) is 14.0. The normalized spacial score (nSPS) is 17.6. The Hall–Kier alpha value is -3.53. The zero-order valence-electron chi connectivity index (χ0n) is 20.7. The number of rotatable bonds is 6. The molecule has 1 unspecified atom stereocenters. The Bertz CT molecular complexity index is 1200. The first kappa shape index (κ1) is 23.6. The smallest absolute Gasteiger partial charge is 0.330 e. The number of esters is 1. The van der Waals surface area contributed by atoms with Crippen molar-refractivity contribution in [3.8, 4) is 5.75 Å². The number of anilines is 1. The number of fused-ring (bicyclic) bond motifs is 1. The summed E-state index contributed by atoms with van der Waals surface area (Å²) in [6.07, 6.45) is 4.18. The van der Waals surface area contributed by atoms with Crippen LogP contribution in [0.1, 0.15) is 54.5 Å². The second-order valence-corrected chi connectivity index (χ2v) is 9.23. The average Bonchev–Trinajstić information content (AvgIpc) is 2.87. The summed E-state index contributed by atoms with van der Waals surface area (Å²) in [5.41, 5.74) is 6.95. The third kappa shape index (κ3) is 4.45. The summed E-state index contributed by atoms with van der Waals surface area (Å²) in [5.74, 6) is 0.996. The lowest BCUT2D eigenvalue weighted by Crippen LogP contribution is -2.49. The van der Waals surface area contributed by atoms with E-state index in [9.17, 15) is 4.79 Å². The highest BCUT2D eigenvalue weighted by Gasteiger charge is 2.40. The molecule has 0 aliphatic carbocycles. The highest BCUT2D eigenvalue weighted by Crippen LogP contribution is 2.44. The van der Waals surface area contributed by atoms with Crippen molar-refractivity contribution in [2.75, 3.05) is 25.7 Å². The molecule has 0 saturated heterocycles. The Balaban J connectivity index is 1.82. The molecule has 4 rings (SSSR count). The van der Waals surface area contributed by atoms with E-state index in [0.29, 0.717) is 5.92 Å². The van der Waals surface area contributed by atoms with Gasteiger partial charge in [-0.2, -0.15) is 0 Å². The monoisotopic (exact) mass is 455 g/mol. The van der Waals surface area contributed by atoms with Crippen LogP contribution in [-0.2, 0) is 21.5 Å². The van der Waals surface area contributed by atoms with Crippen molar-refractivity contribution < 1.29 is 14.3 Å². The summed E-state index contributed by atoms with van der Waals surface area (Å²) in [7, 11) is 3.10. The molecule has 0 amide bonds. The topological polar surface area (TPSA) is 38.8 Å². The van der Waals surface area contributed by atoms with Gasteiger partial charge in [-0.05, 0) is 77.4 Å². The van der Waals surface area contributed by atoms with Gasteiger partial charge in [0.15, 0.2) is 0 Å². The van der Waals surface area contributed by atoms with Gasteiger partial charge in [0, 0.05) is 18.3 Å². The number of carbonyl (C=O) groups excluding carboxylic acids is 1. The molecule has 3 aromatic carbocycles. The molecule has 34 heavy (non-hydrogen) atoms. The quantitative estimate of drug-likeness (QED) is 0.322. The Kier molecular flexibility index (Phi) is 6.78. The molecule has 0 aromatic heterocycles. The van der Waals surface area contributed by atoms with Gasteiger partial charge >= 0.3 is 5.97 Å². The molecule has 0 spiro atoms. The number of hydrogen-bond donors (Lipinski definition) is 0. The minimum absolute atomic E-state index is 0.359. The fraction of sp³-hybridized carbons (Fsp3) is 0.300. The minimum atomic E-state index is -0.361. The van der Waals surface area contributed by atoms with Crippen LogP contribution < -0.4 is 9.64 Å². The van der Waals surface area contributed by atoms with Gasteiger partial charge in [-0.15, -0.1) is 0 Å². The summed E-state index contributed by atoms with van der Waals surface area (Å²) >= 11 is 0. The van der Waals surface area contributed by atoms with Gasteiger partial charge in [0.05, 0.1) is 19.8 Å². The Labute approximate surface area is 202 Å². The zero-order valence-corrected chi connectivity index (χ0v) is 20.7. The highest BCUT2D eigenvalue weighted by atomic mass is 16.5. The molecule has 176 valence electrons. The van der Waals surface area contributed by atoms with E-state index < -0.39 is 0 Å². The largest absolute Gasteiger partial charge is 0.497 e. The van der Waals surface area contributed by atoms with Crippen molar-refractivity contribution in [2.45, 2.75) is 38.6 Å². The van der Waals surface area contributed by atoms with Gasteiger partial charge in [-0.25, -0.2) is 4.79 Å². The van der Waals surface area contributed by atoms with Crippen LogP contribution in [0.25, 0.3) is 6.08 Å².